The topological polar surface area (TPSA) is 72.2 Å². The summed E-state index contributed by atoms with van der Waals surface area (Å²) in [5, 5.41) is 13.4. The van der Waals surface area contributed by atoms with Crippen LogP contribution in [-0.2, 0) is 0 Å². The third-order valence-electron chi connectivity index (χ3n) is 2.60. The lowest BCUT2D eigenvalue weighted by Crippen LogP contribution is -2.36. The van der Waals surface area contributed by atoms with Crippen molar-refractivity contribution in [2.75, 3.05) is 12.0 Å². The highest BCUT2D eigenvalue weighted by molar-refractivity contribution is 7.98. The summed E-state index contributed by atoms with van der Waals surface area (Å²) in [6, 6.07) is 3.12. The van der Waals surface area contributed by atoms with Crippen molar-refractivity contribution in [3.63, 3.8) is 0 Å². The molecule has 1 unspecified atom stereocenters. The molecule has 19 heavy (non-hydrogen) atoms. The summed E-state index contributed by atoms with van der Waals surface area (Å²) in [6.07, 6.45) is 2.69. The second-order valence-electron chi connectivity index (χ2n) is 3.96. The summed E-state index contributed by atoms with van der Waals surface area (Å²) in [6.45, 7) is 1.94. The van der Waals surface area contributed by atoms with E-state index >= 15 is 0 Å². The van der Waals surface area contributed by atoms with Gasteiger partial charge in [-0.05, 0) is 24.8 Å². The van der Waals surface area contributed by atoms with E-state index in [9.17, 15) is 19.3 Å². The Hall–Kier alpha value is -1.63. The quantitative estimate of drug-likeness (QED) is 0.644. The molecule has 0 bridgehead atoms. The van der Waals surface area contributed by atoms with Gasteiger partial charge in [0, 0.05) is 23.4 Å². The van der Waals surface area contributed by atoms with E-state index < -0.39 is 22.3 Å². The maximum absolute atomic E-state index is 13.2. The first-order valence-corrected chi connectivity index (χ1v) is 7.12. The Morgan fingerprint density at radius 3 is 2.79 bits per heavy atom. The fourth-order valence-electron chi connectivity index (χ4n) is 1.53. The van der Waals surface area contributed by atoms with Crippen molar-refractivity contribution < 1.29 is 14.1 Å². The van der Waals surface area contributed by atoms with E-state index in [-0.39, 0.29) is 11.6 Å². The molecule has 7 heteroatoms. The van der Waals surface area contributed by atoms with Crippen molar-refractivity contribution in [2.45, 2.75) is 19.4 Å². The molecule has 0 aliphatic rings. The van der Waals surface area contributed by atoms with Gasteiger partial charge < -0.3 is 5.32 Å². The number of thioether (sulfide) groups is 1. The Labute approximate surface area is 114 Å². The van der Waals surface area contributed by atoms with Crippen LogP contribution in [0.25, 0.3) is 0 Å². The lowest BCUT2D eigenvalue weighted by molar-refractivity contribution is -0.387. The van der Waals surface area contributed by atoms with Gasteiger partial charge in [0.05, 0.1) is 4.92 Å². The number of nitro benzene ring substituents is 1. The van der Waals surface area contributed by atoms with E-state index in [1.807, 2.05) is 13.2 Å². The van der Waals surface area contributed by atoms with Gasteiger partial charge in [-0.1, -0.05) is 6.92 Å². The van der Waals surface area contributed by atoms with Crippen LogP contribution in [0.5, 0.6) is 0 Å². The molecule has 1 amide bonds. The van der Waals surface area contributed by atoms with Crippen LogP contribution < -0.4 is 5.32 Å². The molecule has 0 aliphatic carbocycles. The lowest BCUT2D eigenvalue weighted by Gasteiger charge is -2.15. The van der Waals surface area contributed by atoms with Crippen LogP contribution in [0.1, 0.15) is 23.7 Å². The van der Waals surface area contributed by atoms with Crippen molar-refractivity contribution in [1.29, 1.82) is 0 Å². The normalized spacial score (nSPS) is 11.9. The number of carbonyl (C=O) groups is 1. The molecule has 1 rings (SSSR count). The third kappa shape index (κ3) is 4.20. The number of rotatable bonds is 6. The summed E-state index contributed by atoms with van der Waals surface area (Å²) in [5.74, 6) is -0.618. The Balaban J connectivity index is 2.88. The van der Waals surface area contributed by atoms with Gasteiger partial charge in [-0.25, -0.2) is 0 Å². The molecule has 0 aliphatic heterocycles. The van der Waals surface area contributed by atoms with Gasteiger partial charge in [0.25, 0.3) is 5.91 Å². The average Bonchev–Trinajstić information content (AvgIpc) is 2.38. The number of benzene rings is 1. The zero-order valence-electron chi connectivity index (χ0n) is 10.7. The molecular formula is C12H15FN2O3S. The zero-order chi connectivity index (χ0) is 14.4. The van der Waals surface area contributed by atoms with Crippen molar-refractivity contribution in [3.05, 3.63) is 39.7 Å². The van der Waals surface area contributed by atoms with Crippen molar-refractivity contribution in [2.24, 2.45) is 0 Å². The second-order valence-corrected chi connectivity index (χ2v) is 4.87. The molecule has 0 heterocycles. The van der Waals surface area contributed by atoms with Crippen LogP contribution >= 0.6 is 11.8 Å². The molecule has 1 aromatic rings. The van der Waals surface area contributed by atoms with Crippen LogP contribution in [0.2, 0.25) is 0 Å². The summed E-state index contributed by atoms with van der Waals surface area (Å²) >= 11 is 1.60. The first kappa shape index (κ1) is 15.4. The minimum Gasteiger partial charge on any atom is -0.348 e. The van der Waals surface area contributed by atoms with E-state index in [4.69, 9.17) is 0 Å². The molecule has 1 aromatic carbocycles. The lowest BCUT2D eigenvalue weighted by atomic mass is 10.1. The maximum atomic E-state index is 13.2. The van der Waals surface area contributed by atoms with E-state index in [0.717, 1.165) is 24.3 Å². The van der Waals surface area contributed by atoms with Gasteiger partial charge in [0.1, 0.15) is 0 Å². The molecular weight excluding hydrogens is 271 g/mol. The van der Waals surface area contributed by atoms with Crippen LogP contribution in [0.15, 0.2) is 18.2 Å². The largest absolute Gasteiger partial charge is 0.348 e. The molecule has 0 saturated heterocycles. The zero-order valence-corrected chi connectivity index (χ0v) is 11.5. The summed E-state index contributed by atoms with van der Waals surface area (Å²) in [5.41, 5.74) is -0.599. The van der Waals surface area contributed by atoms with E-state index in [1.54, 1.807) is 11.8 Å². The highest BCUT2D eigenvalue weighted by atomic mass is 32.2. The van der Waals surface area contributed by atoms with Crippen LogP contribution in [0.3, 0.4) is 0 Å². The Kier molecular flexibility index (Phi) is 5.75. The monoisotopic (exact) mass is 286 g/mol. The van der Waals surface area contributed by atoms with Crippen molar-refractivity contribution >= 4 is 23.4 Å². The minimum atomic E-state index is -0.947. The Morgan fingerprint density at radius 1 is 1.58 bits per heavy atom. The first-order valence-electron chi connectivity index (χ1n) is 5.73. The Morgan fingerprint density at radius 2 is 2.26 bits per heavy atom. The van der Waals surface area contributed by atoms with Gasteiger partial charge in [0.2, 0.25) is 5.82 Å². The molecule has 0 spiro atoms. The van der Waals surface area contributed by atoms with Crippen LogP contribution in [-0.4, -0.2) is 28.9 Å². The van der Waals surface area contributed by atoms with Gasteiger partial charge in [-0.2, -0.15) is 16.2 Å². The van der Waals surface area contributed by atoms with Gasteiger partial charge in [-0.15, -0.1) is 0 Å². The molecule has 1 atom stereocenters. The van der Waals surface area contributed by atoms with Gasteiger partial charge in [-0.3, -0.25) is 14.9 Å². The summed E-state index contributed by atoms with van der Waals surface area (Å²) in [7, 11) is 0. The molecule has 0 fully saturated rings. The molecule has 0 saturated carbocycles. The molecule has 104 valence electrons. The van der Waals surface area contributed by atoms with E-state index in [0.29, 0.717) is 0 Å². The Bertz CT molecular complexity index is 482. The number of halogens is 1. The smallest absolute Gasteiger partial charge is 0.305 e. The molecule has 1 N–H and O–H groups in total. The van der Waals surface area contributed by atoms with Gasteiger partial charge >= 0.3 is 5.69 Å². The van der Waals surface area contributed by atoms with Crippen molar-refractivity contribution in [3.8, 4) is 0 Å². The number of hydrogen-bond donors (Lipinski definition) is 1. The first-order chi connectivity index (χ1) is 8.99. The molecule has 0 radical (unpaired) electrons. The number of nitro groups is 1. The average molecular weight is 286 g/mol. The second kappa shape index (κ2) is 7.08. The summed E-state index contributed by atoms with van der Waals surface area (Å²) < 4.78 is 13.2. The number of nitrogens with one attached hydrogen (secondary N) is 1. The van der Waals surface area contributed by atoms with Gasteiger partial charge in [0.15, 0.2) is 0 Å². The predicted molar refractivity (Wildman–Crippen MR) is 73.0 cm³/mol. The SMILES string of the molecule is CCC(CSC)NC(=O)c1ccc(F)c([N+](=O)[O-])c1. The summed E-state index contributed by atoms with van der Waals surface area (Å²) in [4.78, 5) is 21.7. The number of nitrogens with zero attached hydrogens (tertiary/aromatic N) is 1. The molecule has 0 aromatic heterocycles. The number of hydrogen-bond acceptors (Lipinski definition) is 4. The third-order valence-corrected chi connectivity index (χ3v) is 3.34. The maximum Gasteiger partial charge on any atom is 0.305 e. The predicted octanol–water partition coefficient (Wildman–Crippen LogP) is 2.61. The van der Waals surface area contributed by atoms with E-state index in [2.05, 4.69) is 5.32 Å². The number of carbonyl (C=O) groups excluding carboxylic acids is 1. The number of amides is 1. The standard InChI is InChI=1S/C12H15FN2O3S/c1-3-9(7-19-2)14-12(16)8-4-5-10(13)11(6-8)15(17)18/h4-6,9H,3,7H2,1-2H3,(H,14,16). The molecule has 5 nitrogen and oxygen atoms in total. The highest BCUT2D eigenvalue weighted by Gasteiger charge is 2.18. The minimum absolute atomic E-state index is 0.00777. The van der Waals surface area contributed by atoms with E-state index in [1.165, 1.54) is 6.07 Å². The highest BCUT2D eigenvalue weighted by Crippen LogP contribution is 2.18. The van der Waals surface area contributed by atoms with Crippen molar-refractivity contribution in [1.82, 2.24) is 5.32 Å². The van der Waals surface area contributed by atoms with Crippen LogP contribution in [0.4, 0.5) is 10.1 Å². The fourth-order valence-corrected chi connectivity index (χ4v) is 2.25. The fraction of sp³-hybridized carbons (Fsp3) is 0.417. The van der Waals surface area contributed by atoms with Crippen LogP contribution in [0, 0.1) is 15.9 Å².